The first-order valence-electron chi connectivity index (χ1n) is 5.86. The molecule has 0 atom stereocenters. The van der Waals surface area contributed by atoms with Crippen LogP contribution in [0.5, 0.6) is 0 Å². The minimum Gasteiger partial charge on any atom is -0.0885 e. The Labute approximate surface area is 84.4 Å². The summed E-state index contributed by atoms with van der Waals surface area (Å²) < 4.78 is 0. The minimum atomic E-state index is 1.07. The highest BCUT2D eigenvalue weighted by molar-refractivity contribution is 4.81. The normalized spacial score (nSPS) is 11.2. The summed E-state index contributed by atoms with van der Waals surface area (Å²) in [5.41, 5.74) is 0. The second-order valence-electron chi connectivity index (χ2n) is 3.67. The standard InChI is InChI=1S/C13H25/c1-3-5-7-9-11-13-12-10-8-6-4-2/h9,11H,1,3-8,10,12-13H2,2H3/b11-9+. The van der Waals surface area contributed by atoms with Crippen molar-refractivity contribution < 1.29 is 0 Å². The highest BCUT2D eigenvalue weighted by Crippen LogP contribution is 2.05. The third kappa shape index (κ3) is 11.7. The van der Waals surface area contributed by atoms with Crippen molar-refractivity contribution >= 4 is 0 Å². The Morgan fingerprint density at radius 2 is 1.46 bits per heavy atom. The van der Waals surface area contributed by atoms with E-state index < -0.39 is 0 Å². The molecule has 0 saturated heterocycles. The Morgan fingerprint density at radius 3 is 2.08 bits per heavy atom. The maximum Gasteiger partial charge on any atom is -0.0351 e. The maximum absolute atomic E-state index is 3.82. The van der Waals surface area contributed by atoms with Gasteiger partial charge in [0.25, 0.3) is 0 Å². The number of rotatable bonds is 9. The van der Waals surface area contributed by atoms with Gasteiger partial charge in [-0.2, -0.15) is 0 Å². The molecule has 0 aliphatic heterocycles. The van der Waals surface area contributed by atoms with Crippen molar-refractivity contribution in [2.24, 2.45) is 0 Å². The van der Waals surface area contributed by atoms with Crippen LogP contribution in [0.15, 0.2) is 12.2 Å². The molecule has 0 bridgehead atoms. The molecule has 0 aromatic heterocycles. The lowest BCUT2D eigenvalue weighted by Crippen LogP contribution is -1.76. The molecule has 0 unspecified atom stereocenters. The fourth-order valence-electron chi connectivity index (χ4n) is 1.36. The summed E-state index contributed by atoms with van der Waals surface area (Å²) in [4.78, 5) is 0. The molecule has 0 saturated carbocycles. The average Bonchev–Trinajstić information content (AvgIpc) is 2.16. The van der Waals surface area contributed by atoms with Crippen molar-refractivity contribution in [1.29, 1.82) is 0 Å². The SMILES string of the molecule is [CH2]CCC/C=C/CCCCCCC. The number of hydrogen-bond acceptors (Lipinski definition) is 0. The van der Waals surface area contributed by atoms with Crippen LogP contribution in [0.25, 0.3) is 0 Å². The van der Waals surface area contributed by atoms with Crippen LogP contribution >= 0.6 is 0 Å². The summed E-state index contributed by atoms with van der Waals surface area (Å²) >= 11 is 0. The fraction of sp³-hybridized carbons (Fsp3) is 0.769. The largest absolute Gasteiger partial charge is 0.0885 e. The van der Waals surface area contributed by atoms with Crippen LogP contribution in [-0.4, -0.2) is 0 Å². The molecule has 0 aliphatic carbocycles. The second kappa shape index (κ2) is 11.7. The van der Waals surface area contributed by atoms with Gasteiger partial charge in [-0.1, -0.05) is 58.1 Å². The molecule has 0 spiro atoms. The molecule has 0 rings (SSSR count). The highest BCUT2D eigenvalue weighted by atomic mass is 13.9. The molecule has 0 aromatic carbocycles. The van der Waals surface area contributed by atoms with E-state index in [0.29, 0.717) is 0 Å². The van der Waals surface area contributed by atoms with Gasteiger partial charge in [-0.3, -0.25) is 0 Å². The Bertz CT molecular complexity index is 103. The molecule has 0 aliphatic rings. The Kier molecular flexibility index (Phi) is 11.5. The van der Waals surface area contributed by atoms with E-state index in [1.807, 2.05) is 0 Å². The Hall–Kier alpha value is -0.260. The van der Waals surface area contributed by atoms with Gasteiger partial charge in [0.2, 0.25) is 0 Å². The van der Waals surface area contributed by atoms with Gasteiger partial charge in [0.15, 0.2) is 0 Å². The smallest absolute Gasteiger partial charge is 0.0351 e. The van der Waals surface area contributed by atoms with Gasteiger partial charge in [-0.05, 0) is 25.7 Å². The van der Waals surface area contributed by atoms with E-state index in [0.717, 1.165) is 6.42 Å². The average molecular weight is 181 g/mol. The molecular formula is C13H25. The van der Waals surface area contributed by atoms with E-state index in [2.05, 4.69) is 26.0 Å². The van der Waals surface area contributed by atoms with E-state index in [-0.39, 0.29) is 0 Å². The van der Waals surface area contributed by atoms with Crippen LogP contribution < -0.4 is 0 Å². The summed E-state index contributed by atoms with van der Waals surface area (Å²) in [6, 6.07) is 0. The lowest BCUT2D eigenvalue weighted by atomic mass is 10.1. The molecular weight excluding hydrogens is 156 g/mol. The first-order chi connectivity index (χ1) is 6.41. The third-order valence-corrected chi connectivity index (χ3v) is 2.26. The zero-order valence-electron chi connectivity index (χ0n) is 9.23. The van der Waals surface area contributed by atoms with Crippen LogP contribution in [0.1, 0.15) is 64.7 Å². The summed E-state index contributed by atoms with van der Waals surface area (Å²) in [5.74, 6) is 0. The Balaban J connectivity index is 2.93. The molecule has 0 heteroatoms. The molecule has 0 fully saturated rings. The number of hydrogen-bond donors (Lipinski definition) is 0. The predicted octanol–water partition coefficient (Wildman–Crippen LogP) is 4.91. The first-order valence-corrected chi connectivity index (χ1v) is 5.86. The van der Waals surface area contributed by atoms with Crippen molar-refractivity contribution in [2.45, 2.75) is 64.7 Å². The summed E-state index contributed by atoms with van der Waals surface area (Å²) in [7, 11) is 0. The van der Waals surface area contributed by atoms with E-state index in [1.165, 1.54) is 51.4 Å². The summed E-state index contributed by atoms with van der Waals surface area (Å²) in [6.45, 7) is 6.08. The monoisotopic (exact) mass is 181 g/mol. The second-order valence-corrected chi connectivity index (χ2v) is 3.67. The molecule has 0 N–H and O–H groups in total. The van der Waals surface area contributed by atoms with E-state index in [9.17, 15) is 0 Å². The van der Waals surface area contributed by atoms with Crippen molar-refractivity contribution in [3.63, 3.8) is 0 Å². The van der Waals surface area contributed by atoms with E-state index in [1.54, 1.807) is 0 Å². The van der Waals surface area contributed by atoms with Crippen LogP contribution in [0, 0.1) is 6.92 Å². The zero-order valence-corrected chi connectivity index (χ0v) is 9.23. The van der Waals surface area contributed by atoms with Crippen molar-refractivity contribution in [2.75, 3.05) is 0 Å². The fourth-order valence-corrected chi connectivity index (χ4v) is 1.36. The van der Waals surface area contributed by atoms with Crippen molar-refractivity contribution in [3.05, 3.63) is 19.1 Å². The Morgan fingerprint density at radius 1 is 0.846 bits per heavy atom. The molecule has 0 aromatic rings. The third-order valence-electron chi connectivity index (χ3n) is 2.26. The quantitative estimate of drug-likeness (QED) is 0.350. The van der Waals surface area contributed by atoms with E-state index in [4.69, 9.17) is 0 Å². The van der Waals surface area contributed by atoms with Gasteiger partial charge in [0.1, 0.15) is 0 Å². The van der Waals surface area contributed by atoms with E-state index >= 15 is 0 Å². The molecule has 0 heterocycles. The molecule has 0 amide bonds. The summed E-state index contributed by atoms with van der Waals surface area (Å²) in [6.07, 6.45) is 16.4. The van der Waals surface area contributed by atoms with Gasteiger partial charge in [-0.25, -0.2) is 0 Å². The molecule has 1 radical (unpaired) electrons. The molecule has 0 nitrogen and oxygen atoms in total. The first kappa shape index (κ1) is 12.7. The zero-order chi connectivity index (χ0) is 9.78. The lowest BCUT2D eigenvalue weighted by Gasteiger charge is -1.96. The maximum atomic E-state index is 3.82. The summed E-state index contributed by atoms with van der Waals surface area (Å²) in [5, 5.41) is 0. The van der Waals surface area contributed by atoms with Gasteiger partial charge < -0.3 is 0 Å². The van der Waals surface area contributed by atoms with Crippen LogP contribution in [0.4, 0.5) is 0 Å². The number of unbranched alkanes of at least 4 members (excludes halogenated alkanes) is 7. The van der Waals surface area contributed by atoms with Gasteiger partial charge >= 0.3 is 0 Å². The molecule has 77 valence electrons. The highest BCUT2D eigenvalue weighted by Gasteiger charge is 1.86. The van der Waals surface area contributed by atoms with Crippen molar-refractivity contribution in [1.82, 2.24) is 0 Å². The van der Waals surface area contributed by atoms with Gasteiger partial charge in [-0.15, -0.1) is 0 Å². The van der Waals surface area contributed by atoms with Crippen LogP contribution in [0.2, 0.25) is 0 Å². The topological polar surface area (TPSA) is 0 Å². The minimum absolute atomic E-state index is 1.07. The predicted molar refractivity (Wildman–Crippen MR) is 61.7 cm³/mol. The van der Waals surface area contributed by atoms with Crippen LogP contribution in [0.3, 0.4) is 0 Å². The number of allylic oxidation sites excluding steroid dienone is 2. The van der Waals surface area contributed by atoms with Gasteiger partial charge in [0.05, 0.1) is 0 Å². The molecule has 13 heavy (non-hydrogen) atoms. The lowest BCUT2D eigenvalue weighted by molar-refractivity contribution is 0.637. The van der Waals surface area contributed by atoms with Crippen molar-refractivity contribution in [3.8, 4) is 0 Å². The van der Waals surface area contributed by atoms with Gasteiger partial charge in [0, 0.05) is 0 Å². The van der Waals surface area contributed by atoms with Crippen LogP contribution in [-0.2, 0) is 0 Å².